The molecule has 0 heterocycles. The van der Waals surface area contributed by atoms with Crippen LogP contribution < -0.4 is 0 Å². The van der Waals surface area contributed by atoms with Crippen molar-refractivity contribution in [2.75, 3.05) is 5.75 Å². The molecule has 0 fully saturated rings. The largest absolute Gasteiger partial charge is 0.343 e. The fourth-order valence-electron chi connectivity index (χ4n) is 1.29. The lowest BCUT2D eigenvalue weighted by molar-refractivity contribution is -0.307. The topological polar surface area (TPSA) is 60.7 Å². The van der Waals surface area contributed by atoms with Crippen LogP contribution in [-0.2, 0) is 0 Å². The van der Waals surface area contributed by atoms with E-state index >= 15 is 0 Å². The Kier molecular flexibility index (Phi) is 7.61. The van der Waals surface area contributed by atoms with Gasteiger partial charge in [-0.3, -0.25) is 0 Å². The van der Waals surface area contributed by atoms with Gasteiger partial charge >= 0.3 is 0 Å². The van der Waals surface area contributed by atoms with Crippen molar-refractivity contribution in [3.8, 4) is 0 Å². The van der Waals surface area contributed by atoms with Crippen LogP contribution in [0, 0.1) is 5.92 Å². The van der Waals surface area contributed by atoms with Crippen LogP contribution in [0.25, 0.3) is 0 Å². The molecule has 0 spiro atoms. The lowest BCUT2D eigenvalue weighted by Crippen LogP contribution is -2.38. The monoisotopic (exact) mass is 236 g/mol. The summed E-state index contributed by atoms with van der Waals surface area (Å²) < 4.78 is 0. The Morgan fingerprint density at radius 3 is 2.20 bits per heavy atom. The van der Waals surface area contributed by atoms with Crippen LogP contribution >= 0.6 is 11.8 Å². The molecular formula is C11H24O3S. The summed E-state index contributed by atoms with van der Waals surface area (Å²) in [5, 5.41) is 26.3. The molecule has 2 atom stereocenters. The van der Waals surface area contributed by atoms with Crippen LogP contribution in [0.5, 0.6) is 0 Å². The molecule has 0 aromatic carbocycles. The molecule has 0 aromatic rings. The fraction of sp³-hybridized carbons (Fsp3) is 1.00. The normalized spacial score (nSPS) is 16.4. The molecule has 0 amide bonds. The molecule has 4 heteroatoms. The summed E-state index contributed by atoms with van der Waals surface area (Å²) in [6.07, 6.45) is 4.70. The smallest absolute Gasteiger partial charge is 0.287 e. The highest BCUT2D eigenvalue weighted by atomic mass is 32.2. The van der Waals surface area contributed by atoms with Crippen LogP contribution in [0.15, 0.2) is 0 Å². The number of unbranched alkanes of at least 4 members (excludes halogenated alkanes) is 1. The number of hydrogen-bond donors (Lipinski definition) is 3. The van der Waals surface area contributed by atoms with Crippen LogP contribution in [0.4, 0.5) is 0 Å². The molecule has 92 valence electrons. The molecule has 0 aromatic heterocycles. The Bertz CT molecular complexity index is 156. The average Bonchev–Trinajstić information content (AvgIpc) is 2.16. The van der Waals surface area contributed by atoms with Crippen molar-refractivity contribution in [2.45, 2.75) is 57.7 Å². The Balaban J connectivity index is 3.79. The Morgan fingerprint density at radius 2 is 1.80 bits per heavy atom. The SMILES string of the molecule is CCCCC(CC)CSC(C)C(O)(O)O. The van der Waals surface area contributed by atoms with Gasteiger partial charge in [-0.05, 0) is 25.0 Å². The predicted molar refractivity (Wildman–Crippen MR) is 64.6 cm³/mol. The van der Waals surface area contributed by atoms with Crippen molar-refractivity contribution in [3.63, 3.8) is 0 Å². The Labute approximate surface area is 96.9 Å². The van der Waals surface area contributed by atoms with E-state index in [-0.39, 0.29) is 0 Å². The lowest BCUT2D eigenvalue weighted by Gasteiger charge is -2.23. The van der Waals surface area contributed by atoms with Gasteiger partial charge in [0.05, 0.1) is 5.25 Å². The Morgan fingerprint density at radius 1 is 1.20 bits per heavy atom. The zero-order valence-corrected chi connectivity index (χ0v) is 10.8. The third-order valence-corrected chi connectivity index (χ3v) is 4.15. The highest BCUT2D eigenvalue weighted by molar-refractivity contribution is 7.99. The molecule has 0 saturated carbocycles. The summed E-state index contributed by atoms with van der Waals surface area (Å²) >= 11 is 1.42. The second kappa shape index (κ2) is 7.49. The molecule has 0 aliphatic carbocycles. The molecule has 15 heavy (non-hydrogen) atoms. The number of thioether (sulfide) groups is 1. The summed E-state index contributed by atoms with van der Waals surface area (Å²) in [5.41, 5.74) is 0. The molecule has 3 N–H and O–H groups in total. The highest BCUT2D eigenvalue weighted by Gasteiger charge is 2.28. The van der Waals surface area contributed by atoms with Gasteiger partial charge in [-0.15, -0.1) is 0 Å². The third-order valence-electron chi connectivity index (χ3n) is 2.67. The van der Waals surface area contributed by atoms with Crippen molar-refractivity contribution in [1.82, 2.24) is 0 Å². The number of hydrogen-bond acceptors (Lipinski definition) is 4. The molecule has 2 unspecified atom stereocenters. The molecule has 0 aliphatic heterocycles. The fourth-order valence-corrected chi connectivity index (χ4v) is 2.48. The van der Waals surface area contributed by atoms with Crippen LogP contribution in [0.2, 0.25) is 0 Å². The van der Waals surface area contributed by atoms with E-state index in [2.05, 4.69) is 13.8 Å². The van der Waals surface area contributed by atoms with Crippen LogP contribution in [0.3, 0.4) is 0 Å². The molecule has 0 radical (unpaired) electrons. The summed E-state index contributed by atoms with van der Waals surface area (Å²) in [6.45, 7) is 5.94. The van der Waals surface area contributed by atoms with Crippen molar-refractivity contribution < 1.29 is 15.3 Å². The first-order valence-electron chi connectivity index (χ1n) is 5.70. The first-order valence-corrected chi connectivity index (χ1v) is 6.75. The number of aliphatic hydroxyl groups is 3. The molecular weight excluding hydrogens is 212 g/mol. The quantitative estimate of drug-likeness (QED) is 0.564. The van der Waals surface area contributed by atoms with Crippen molar-refractivity contribution in [3.05, 3.63) is 0 Å². The lowest BCUT2D eigenvalue weighted by atomic mass is 10.0. The van der Waals surface area contributed by atoms with Gasteiger partial charge in [-0.2, -0.15) is 11.8 Å². The van der Waals surface area contributed by atoms with Gasteiger partial charge < -0.3 is 15.3 Å². The predicted octanol–water partition coefficient (Wildman–Crippen LogP) is 1.96. The van der Waals surface area contributed by atoms with E-state index < -0.39 is 11.2 Å². The summed E-state index contributed by atoms with van der Waals surface area (Å²) in [5.74, 6) is -1.06. The van der Waals surface area contributed by atoms with Gasteiger partial charge in [0.25, 0.3) is 5.97 Å². The van der Waals surface area contributed by atoms with Crippen molar-refractivity contribution >= 4 is 11.8 Å². The van der Waals surface area contributed by atoms with E-state index in [0.29, 0.717) is 5.92 Å². The summed E-state index contributed by atoms with van der Waals surface area (Å²) in [4.78, 5) is 0. The number of rotatable bonds is 8. The zero-order chi connectivity index (χ0) is 11.9. The van der Waals surface area contributed by atoms with E-state index in [1.54, 1.807) is 6.92 Å². The van der Waals surface area contributed by atoms with E-state index in [0.717, 1.165) is 12.2 Å². The van der Waals surface area contributed by atoms with E-state index in [4.69, 9.17) is 15.3 Å². The molecule has 3 nitrogen and oxygen atoms in total. The maximum atomic E-state index is 8.94. The Hall–Kier alpha value is 0.230. The molecule has 0 aliphatic rings. The van der Waals surface area contributed by atoms with Gasteiger partial charge in [-0.25, -0.2) is 0 Å². The minimum absolute atomic E-state index is 0.562. The van der Waals surface area contributed by atoms with Gasteiger partial charge in [0.1, 0.15) is 0 Å². The van der Waals surface area contributed by atoms with E-state index in [1.807, 2.05) is 0 Å². The maximum absolute atomic E-state index is 8.94. The molecule has 0 saturated heterocycles. The standard InChI is InChI=1S/C11H24O3S/c1-4-6-7-10(5-2)8-15-9(3)11(12,13)14/h9-10,12-14H,4-8H2,1-3H3. The van der Waals surface area contributed by atoms with Crippen molar-refractivity contribution in [1.29, 1.82) is 0 Å². The first kappa shape index (κ1) is 15.2. The van der Waals surface area contributed by atoms with Gasteiger partial charge in [0.2, 0.25) is 0 Å². The van der Waals surface area contributed by atoms with Crippen molar-refractivity contribution in [2.24, 2.45) is 5.92 Å². The highest BCUT2D eigenvalue weighted by Crippen LogP contribution is 2.25. The minimum atomic E-state index is -2.55. The first-order chi connectivity index (χ1) is 6.91. The second-order valence-corrected chi connectivity index (χ2v) is 5.45. The van der Waals surface area contributed by atoms with E-state index in [1.165, 1.54) is 31.0 Å². The molecule has 0 bridgehead atoms. The van der Waals surface area contributed by atoms with E-state index in [9.17, 15) is 0 Å². The average molecular weight is 236 g/mol. The van der Waals surface area contributed by atoms with Crippen LogP contribution in [0.1, 0.15) is 46.5 Å². The zero-order valence-electron chi connectivity index (χ0n) is 9.94. The van der Waals surface area contributed by atoms with Gasteiger partial charge in [0.15, 0.2) is 0 Å². The maximum Gasteiger partial charge on any atom is 0.287 e. The summed E-state index contributed by atoms with van der Waals surface area (Å²) in [6, 6.07) is 0. The third kappa shape index (κ3) is 7.17. The molecule has 0 rings (SSSR count). The van der Waals surface area contributed by atoms with Crippen LogP contribution in [-0.4, -0.2) is 32.3 Å². The minimum Gasteiger partial charge on any atom is -0.343 e. The second-order valence-electron chi connectivity index (χ2n) is 4.08. The van der Waals surface area contributed by atoms with Gasteiger partial charge in [-0.1, -0.05) is 33.1 Å². The van der Waals surface area contributed by atoms with Gasteiger partial charge in [0, 0.05) is 0 Å². The summed E-state index contributed by atoms with van der Waals surface area (Å²) in [7, 11) is 0.